The highest BCUT2D eigenvalue weighted by Gasteiger charge is 2.39. The van der Waals surface area contributed by atoms with Crippen molar-refractivity contribution in [2.75, 3.05) is 26.2 Å². The van der Waals surface area contributed by atoms with Crippen LogP contribution in [-0.4, -0.2) is 82.1 Å². The first-order valence-electron chi connectivity index (χ1n) is 16.1. The lowest BCUT2D eigenvalue weighted by atomic mass is 9.88. The number of hydrogen-bond donors (Lipinski definition) is 2. The van der Waals surface area contributed by atoms with Gasteiger partial charge in [0.05, 0.1) is 39.4 Å². The molecule has 12 nitrogen and oxygen atoms in total. The van der Waals surface area contributed by atoms with Crippen molar-refractivity contribution in [2.45, 2.75) is 90.5 Å². The molecule has 0 saturated carbocycles. The molecule has 53 heavy (non-hydrogen) atoms. The largest absolute Gasteiger partial charge is 0.447 e. The monoisotopic (exact) mass is 832 g/mol. The van der Waals surface area contributed by atoms with E-state index in [0.29, 0.717) is 61.9 Å². The second-order valence-corrected chi connectivity index (χ2v) is 15.4. The molecular weight excluding hydrogens is 790 g/mol. The Morgan fingerprint density at radius 3 is 1.66 bits per heavy atom. The Labute approximate surface area is 336 Å². The molecule has 3 N–H and O–H groups in total. The highest BCUT2D eigenvalue weighted by atomic mass is 35.5. The summed E-state index contributed by atoms with van der Waals surface area (Å²) in [5.41, 5.74) is 4.03. The first kappa shape index (κ1) is 47.5. The van der Waals surface area contributed by atoms with E-state index in [-0.39, 0.29) is 40.8 Å². The molecule has 2 aromatic rings. The summed E-state index contributed by atoms with van der Waals surface area (Å²) in [6.45, 7) is 10.7. The maximum atomic E-state index is 12.5. The highest BCUT2D eigenvalue weighted by Crippen LogP contribution is 2.26. The van der Waals surface area contributed by atoms with Gasteiger partial charge in [0.1, 0.15) is 16.7 Å². The third kappa shape index (κ3) is 15.4. The van der Waals surface area contributed by atoms with E-state index in [1.807, 2.05) is 20.8 Å². The van der Waals surface area contributed by atoms with Gasteiger partial charge in [0.2, 0.25) is 0 Å². The van der Waals surface area contributed by atoms with Gasteiger partial charge in [-0.3, -0.25) is 9.59 Å². The molecule has 2 saturated heterocycles. The molecule has 0 atom stereocenters. The number of amides is 3. The lowest BCUT2D eigenvalue weighted by molar-refractivity contribution is 0.0188. The second-order valence-electron chi connectivity index (χ2n) is 13.3. The van der Waals surface area contributed by atoms with Crippen molar-refractivity contribution in [1.82, 2.24) is 15.1 Å². The second kappa shape index (κ2) is 20.8. The van der Waals surface area contributed by atoms with Crippen LogP contribution >= 0.6 is 58.0 Å². The zero-order valence-electron chi connectivity index (χ0n) is 29.4. The molecule has 0 unspecified atom stereocenters. The van der Waals surface area contributed by atoms with Crippen LogP contribution in [0.3, 0.4) is 0 Å². The minimum atomic E-state index is -1.05. The molecule has 0 aliphatic carbocycles. The van der Waals surface area contributed by atoms with E-state index < -0.39 is 33.9 Å². The van der Waals surface area contributed by atoms with Crippen LogP contribution in [0.1, 0.15) is 88.4 Å². The normalized spacial score (nSPS) is 15.7. The molecule has 2 fully saturated rings. The van der Waals surface area contributed by atoms with Crippen molar-refractivity contribution >= 4 is 81.3 Å². The standard InChI is InChI=1S/C17H19Cl2N3O3.C11H19N3O2.C7H3Cl3O.CH4/c1-11(2)25-16(24)22-7-5-17(10-20,6-8-22)21-15(23)13-4-3-12(18)9-14(13)19;1-10(2,3)16-9(15)14-6-4-11(13,8-12)5-7-14;8-4-1-2-5(7(10)11)6(9)3-4;/h3-4,9,11H,5-8H2,1-2H3,(H,21,23);4-7,13H2,1-3H3;1-3H;1H4. The molecule has 2 heterocycles. The Morgan fingerprint density at radius 2 is 1.26 bits per heavy atom. The van der Waals surface area contributed by atoms with Crippen LogP contribution in [0.4, 0.5) is 9.59 Å². The molecule has 2 aliphatic heterocycles. The van der Waals surface area contributed by atoms with Crippen LogP contribution in [0.5, 0.6) is 0 Å². The Bertz CT molecular complexity index is 1690. The van der Waals surface area contributed by atoms with Crippen LogP contribution in [0.15, 0.2) is 36.4 Å². The molecule has 4 rings (SSSR count). The quantitative estimate of drug-likeness (QED) is 0.285. The summed E-state index contributed by atoms with van der Waals surface area (Å²) in [4.78, 5) is 49.9. The van der Waals surface area contributed by atoms with E-state index in [0.717, 1.165) is 0 Å². The van der Waals surface area contributed by atoms with Gasteiger partial charge >= 0.3 is 12.2 Å². The van der Waals surface area contributed by atoms with Gasteiger partial charge in [-0.2, -0.15) is 10.5 Å². The van der Waals surface area contributed by atoms with Gasteiger partial charge < -0.3 is 30.3 Å². The summed E-state index contributed by atoms with van der Waals surface area (Å²) in [7, 11) is 0. The molecule has 0 radical (unpaired) electrons. The van der Waals surface area contributed by atoms with Crippen LogP contribution in [0.25, 0.3) is 0 Å². The Morgan fingerprint density at radius 1 is 0.811 bits per heavy atom. The van der Waals surface area contributed by atoms with Gasteiger partial charge in [-0.05, 0) is 95.5 Å². The fourth-order valence-electron chi connectivity index (χ4n) is 4.75. The fraction of sp³-hybridized carbons (Fsp3) is 0.500. The van der Waals surface area contributed by atoms with Crippen molar-refractivity contribution in [3.05, 3.63) is 67.6 Å². The number of rotatable bonds is 4. The molecule has 2 aromatic carbocycles. The van der Waals surface area contributed by atoms with E-state index in [1.165, 1.54) is 29.2 Å². The van der Waals surface area contributed by atoms with E-state index in [4.69, 9.17) is 78.5 Å². The molecule has 2 aliphatic rings. The Kier molecular flexibility index (Phi) is 18.7. The van der Waals surface area contributed by atoms with E-state index in [2.05, 4.69) is 17.5 Å². The molecule has 3 amide bonds. The van der Waals surface area contributed by atoms with E-state index in [1.54, 1.807) is 30.9 Å². The van der Waals surface area contributed by atoms with E-state index >= 15 is 0 Å². The van der Waals surface area contributed by atoms with Gasteiger partial charge in [-0.15, -0.1) is 0 Å². The topological polar surface area (TPSA) is 179 Å². The average Bonchev–Trinajstić information content (AvgIpc) is 3.04. The van der Waals surface area contributed by atoms with Gasteiger partial charge in [-0.1, -0.05) is 53.8 Å². The summed E-state index contributed by atoms with van der Waals surface area (Å²) >= 11 is 28.3. The predicted octanol–water partition coefficient (Wildman–Crippen LogP) is 8.87. The zero-order chi connectivity index (χ0) is 39.4. The van der Waals surface area contributed by atoms with Crippen LogP contribution in [-0.2, 0) is 9.47 Å². The molecule has 290 valence electrons. The first-order valence-corrected chi connectivity index (χ1v) is 18.0. The number of halogens is 5. The summed E-state index contributed by atoms with van der Waals surface area (Å²) in [5.74, 6) is -0.443. The number of benzene rings is 2. The van der Waals surface area contributed by atoms with Crippen LogP contribution in [0.2, 0.25) is 20.1 Å². The summed E-state index contributed by atoms with van der Waals surface area (Å²) < 4.78 is 10.4. The molecule has 17 heteroatoms. The van der Waals surface area contributed by atoms with Crippen LogP contribution < -0.4 is 11.1 Å². The van der Waals surface area contributed by atoms with Gasteiger partial charge in [0.25, 0.3) is 11.1 Å². The third-order valence-electron chi connectivity index (χ3n) is 7.63. The predicted molar refractivity (Wildman–Crippen MR) is 208 cm³/mol. The number of carbonyl (C=O) groups is 4. The highest BCUT2D eigenvalue weighted by molar-refractivity contribution is 6.68. The van der Waals surface area contributed by atoms with Gasteiger partial charge in [-0.25, -0.2) is 9.59 Å². The number of piperidine rings is 2. The Hall–Kier alpha value is -3.49. The van der Waals surface area contributed by atoms with Crippen LogP contribution in [0, 0.1) is 22.7 Å². The number of nitrogens with two attached hydrogens (primary N) is 1. The zero-order valence-corrected chi connectivity index (χ0v) is 33.2. The molecular formula is C36H45Cl5N6O6. The maximum Gasteiger partial charge on any atom is 0.410 e. The number of nitrogens with one attached hydrogen (secondary N) is 1. The number of nitrogens with zero attached hydrogens (tertiary/aromatic N) is 4. The fourth-order valence-corrected chi connectivity index (χ4v) is 5.95. The number of ether oxygens (including phenoxy) is 2. The van der Waals surface area contributed by atoms with Gasteiger partial charge in [0, 0.05) is 49.1 Å². The van der Waals surface area contributed by atoms with Crippen molar-refractivity contribution in [3.8, 4) is 12.1 Å². The van der Waals surface area contributed by atoms with Crippen molar-refractivity contribution in [1.29, 1.82) is 10.5 Å². The molecule has 0 aromatic heterocycles. The van der Waals surface area contributed by atoms with E-state index in [9.17, 15) is 24.4 Å². The minimum Gasteiger partial charge on any atom is -0.447 e. The smallest absolute Gasteiger partial charge is 0.410 e. The lowest BCUT2D eigenvalue weighted by Crippen LogP contribution is -2.55. The molecule has 0 spiro atoms. The first-order chi connectivity index (χ1) is 24.1. The average molecular weight is 835 g/mol. The summed E-state index contributed by atoms with van der Waals surface area (Å²) in [6.07, 6.45) is 0.690. The summed E-state index contributed by atoms with van der Waals surface area (Å²) in [6, 6.07) is 13.3. The van der Waals surface area contributed by atoms with Crippen molar-refractivity contribution in [2.24, 2.45) is 5.73 Å². The molecule has 0 bridgehead atoms. The third-order valence-corrected chi connectivity index (χ3v) is 8.93. The number of nitriles is 2. The van der Waals surface area contributed by atoms with Gasteiger partial charge in [0.15, 0.2) is 0 Å². The lowest BCUT2D eigenvalue weighted by Gasteiger charge is -2.37. The Balaban J connectivity index is 0.000000430. The van der Waals surface area contributed by atoms with Crippen molar-refractivity contribution in [3.63, 3.8) is 0 Å². The number of hydrogen-bond acceptors (Lipinski definition) is 9. The maximum absolute atomic E-state index is 12.5. The summed E-state index contributed by atoms with van der Waals surface area (Å²) in [5, 5.41) is 22.0. The number of likely N-dealkylation sites (tertiary alicyclic amines) is 2. The SMILES string of the molecule is C.CC(C)(C)OC(=O)N1CCC(N)(C#N)CC1.CC(C)OC(=O)N1CCC(C#N)(NC(=O)c2ccc(Cl)cc2Cl)CC1.O=C(Cl)c1ccc(Cl)cc1Cl. The minimum absolute atomic E-state index is 0. The number of carbonyl (C=O) groups excluding carboxylic acids is 4. The van der Waals surface area contributed by atoms with Crippen molar-refractivity contribution < 1.29 is 28.7 Å².